The predicted molar refractivity (Wildman–Crippen MR) is 54.4 cm³/mol. The first kappa shape index (κ1) is 9.99. The third kappa shape index (κ3) is 2.20. The maximum Gasteiger partial charge on any atom is 0.342 e. The van der Waals surface area contributed by atoms with Crippen LogP contribution in [0.3, 0.4) is 0 Å². The van der Waals surface area contributed by atoms with Crippen LogP contribution in [0.2, 0.25) is 0 Å². The fraction of sp³-hybridized carbons (Fsp3) is 0.625. The zero-order chi connectivity index (χ0) is 9.14. The van der Waals surface area contributed by atoms with E-state index >= 15 is 0 Å². The molecule has 4 heteroatoms. The standard InChI is InChI=1S/C8H12O2S2/c1-5(2)6-7(8(9)10)12-4-3-11-6/h5H,3-4H2,1-2H3,(H,9,10). The maximum absolute atomic E-state index is 10.8. The highest BCUT2D eigenvalue weighted by molar-refractivity contribution is 8.10. The van der Waals surface area contributed by atoms with Gasteiger partial charge in [-0.2, -0.15) is 0 Å². The van der Waals surface area contributed by atoms with Gasteiger partial charge in [0.15, 0.2) is 0 Å². The second-order valence-electron chi connectivity index (χ2n) is 2.85. The van der Waals surface area contributed by atoms with Crippen LogP contribution >= 0.6 is 23.5 Å². The summed E-state index contributed by atoms with van der Waals surface area (Å²) in [6.07, 6.45) is 0. The smallest absolute Gasteiger partial charge is 0.342 e. The van der Waals surface area contributed by atoms with Gasteiger partial charge in [0.1, 0.15) is 4.91 Å². The summed E-state index contributed by atoms with van der Waals surface area (Å²) < 4.78 is 0. The molecular formula is C8H12O2S2. The first-order chi connectivity index (χ1) is 5.63. The fourth-order valence-corrected chi connectivity index (χ4v) is 3.53. The van der Waals surface area contributed by atoms with E-state index in [0.29, 0.717) is 10.8 Å². The summed E-state index contributed by atoms with van der Waals surface area (Å²) in [7, 11) is 0. The van der Waals surface area contributed by atoms with Crippen LogP contribution in [0.1, 0.15) is 13.8 Å². The highest BCUT2D eigenvalue weighted by atomic mass is 32.2. The summed E-state index contributed by atoms with van der Waals surface area (Å²) in [5, 5.41) is 8.87. The van der Waals surface area contributed by atoms with E-state index in [9.17, 15) is 4.79 Å². The highest BCUT2D eigenvalue weighted by Crippen LogP contribution is 2.38. The normalized spacial score (nSPS) is 18.6. The molecule has 1 aliphatic heterocycles. The van der Waals surface area contributed by atoms with E-state index in [1.54, 1.807) is 11.8 Å². The largest absolute Gasteiger partial charge is 0.477 e. The molecule has 0 atom stereocenters. The molecule has 0 bridgehead atoms. The number of hydrogen-bond acceptors (Lipinski definition) is 3. The van der Waals surface area contributed by atoms with Crippen molar-refractivity contribution in [2.45, 2.75) is 13.8 Å². The molecule has 0 aromatic heterocycles. The Morgan fingerprint density at radius 1 is 1.42 bits per heavy atom. The summed E-state index contributed by atoms with van der Waals surface area (Å²) in [6.45, 7) is 4.08. The minimum absolute atomic E-state index is 0.342. The van der Waals surface area contributed by atoms with Gasteiger partial charge in [-0.1, -0.05) is 13.8 Å². The van der Waals surface area contributed by atoms with Gasteiger partial charge in [-0.25, -0.2) is 4.79 Å². The molecule has 1 N–H and O–H groups in total. The summed E-state index contributed by atoms with van der Waals surface area (Å²) >= 11 is 3.15. The van der Waals surface area contributed by atoms with Crippen molar-refractivity contribution in [2.75, 3.05) is 11.5 Å². The second kappa shape index (κ2) is 4.23. The molecule has 1 heterocycles. The first-order valence-corrected chi connectivity index (χ1v) is 5.83. The Labute approximate surface area is 80.8 Å². The molecule has 0 aromatic carbocycles. The summed E-state index contributed by atoms with van der Waals surface area (Å²) in [5.41, 5.74) is 0. The molecule has 1 aliphatic rings. The fourth-order valence-electron chi connectivity index (χ4n) is 1.03. The topological polar surface area (TPSA) is 37.3 Å². The lowest BCUT2D eigenvalue weighted by atomic mass is 10.2. The molecule has 0 radical (unpaired) electrons. The molecule has 0 spiro atoms. The van der Waals surface area contributed by atoms with E-state index in [1.807, 2.05) is 13.8 Å². The van der Waals surface area contributed by atoms with Gasteiger partial charge in [-0.05, 0) is 5.92 Å². The molecule has 0 saturated carbocycles. The number of carboxylic acids is 1. The number of carbonyl (C=O) groups is 1. The number of rotatable bonds is 2. The monoisotopic (exact) mass is 204 g/mol. The van der Waals surface area contributed by atoms with Crippen molar-refractivity contribution in [3.8, 4) is 0 Å². The highest BCUT2D eigenvalue weighted by Gasteiger charge is 2.21. The summed E-state index contributed by atoms with van der Waals surface area (Å²) in [5.74, 6) is 1.53. The van der Waals surface area contributed by atoms with E-state index in [4.69, 9.17) is 5.11 Å². The molecule has 12 heavy (non-hydrogen) atoms. The maximum atomic E-state index is 10.8. The molecule has 68 valence electrons. The van der Waals surface area contributed by atoms with E-state index in [2.05, 4.69) is 0 Å². The predicted octanol–water partition coefficient (Wildman–Crippen LogP) is 2.42. The zero-order valence-corrected chi connectivity index (χ0v) is 8.80. The van der Waals surface area contributed by atoms with Crippen molar-refractivity contribution in [3.63, 3.8) is 0 Å². The molecule has 1 rings (SSSR count). The van der Waals surface area contributed by atoms with E-state index in [0.717, 1.165) is 16.4 Å². The van der Waals surface area contributed by atoms with Crippen LogP contribution in [0.25, 0.3) is 0 Å². The Morgan fingerprint density at radius 3 is 2.42 bits per heavy atom. The zero-order valence-electron chi connectivity index (χ0n) is 7.16. The number of carboxylic acid groups (broad SMARTS) is 1. The average Bonchev–Trinajstić information content (AvgIpc) is 2.04. The van der Waals surface area contributed by atoms with Gasteiger partial charge < -0.3 is 5.11 Å². The lowest BCUT2D eigenvalue weighted by molar-refractivity contribution is -0.131. The first-order valence-electron chi connectivity index (χ1n) is 3.86. The van der Waals surface area contributed by atoms with Crippen molar-refractivity contribution in [1.82, 2.24) is 0 Å². The van der Waals surface area contributed by atoms with Crippen LogP contribution in [-0.4, -0.2) is 22.6 Å². The van der Waals surface area contributed by atoms with Crippen molar-refractivity contribution < 1.29 is 9.90 Å². The lowest BCUT2D eigenvalue weighted by Crippen LogP contribution is -2.09. The third-order valence-corrected chi connectivity index (χ3v) is 4.40. The molecule has 0 aromatic rings. The minimum Gasteiger partial charge on any atom is -0.477 e. The second-order valence-corrected chi connectivity index (χ2v) is 5.09. The van der Waals surface area contributed by atoms with Gasteiger partial charge in [-0.15, -0.1) is 23.5 Å². The van der Waals surface area contributed by atoms with Crippen LogP contribution in [0.4, 0.5) is 0 Å². The number of thioether (sulfide) groups is 2. The van der Waals surface area contributed by atoms with E-state index in [1.165, 1.54) is 11.8 Å². The van der Waals surface area contributed by atoms with Gasteiger partial charge in [0.25, 0.3) is 0 Å². The molecular weight excluding hydrogens is 192 g/mol. The van der Waals surface area contributed by atoms with Gasteiger partial charge >= 0.3 is 5.97 Å². The Morgan fingerprint density at radius 2 is 2.00 bits per heavy atom. The van der Waals surface area contributed by atoms with Crippen LogP contribution in [0, 0.1) is 5.92 Å². The number of aliphatic carboxylic acids is 1. The van der Waals surface area contributed by atoms with Crippen LogP contribution in [0.15, 0.2) is 9.81 Å². The number of allylic oxidation sites excluding steroid dienone is 1. The van der Waals surface area contributed by atoms with Gasteiger partial charge in [0.2, 0.25) is 0 Å². The minimum atomic E-state index is -0.768. The lowest BCUT2D eigenvalue weighted by Gasteiger charge is -2.18. The van der Waals surface area contributed by atoms with Gasteiger partial charge in [0.05, 0.1) is 0 Å². The quantitative estimate of drug-likeness (QED) is 0.749. The Bertz CT molecular complexity index is 221. The van der Waals surface area contributed by atoms with Crippen molar-refractivity contribution >= 4 is 29.5 Å². The molecule has 0 aliphatic carbocycles. The van der Waals surface area contributed by atoms with Crippen molar-refractivity contribution in [1.29, 1.82) is 0 Å². The third-order valence-electron chi connectivity index (χ3n) is 1.53. The Kier molecular flexibility index (Phi) is 3.53. The van der Waals surface area contributed by atoms with Gasteiger partial charge in [0, 0.05) is 16.4 Å². The molecule has 0 saturated heterocycles. The van der Waals surface area contributed by atoms with Crippen LogP contribution < -0.4 is 0 Å². The molecule has 2 nitrogen and oxygen atoms in total. The van der Waals surface area contributed by atoms with Crippen molar-refractivity contribution in [2.24, 2.45) is 5.92 Å². The van der Waals surface area contributed by atoms with Crippen LogP contribution in [-0.2, 0) is 4.79 Å². The molecule has 0 fully saturated rings. The Hall–Kier alpha value is -0.0900. The molecule has 0 amide bonds. The Balaban J connectivity index is 2.91. The van der Waals surface area contributed by atoms with Crippen LogP contribution in [0.5, 0.6) is 0 Å². The summed E-state index contributed by atoms with van der Waals surface area (Å²) in [6, 6.07) is 0. The SMILES string of the molecule is CC(C)C1=C(C(=O)O)SCCS1. The summed E-state index contributed by atoms with van der Waals surface area (Å²) in [4.78, 5) is 12.4. The number of hydrogen-bond donors (Lipinski definition) is 1. The van der Waals surface area contributed by atoms with E-state index in [-0.39, 0.29) is 0 Å². The van der Waals surface area contributed by atoms with E-state index < -0.39 is 5.97 Å². The van der Waals surface area contributed by atoms with Gasteiger partial charge in [-0.3, -0.25) is 0 Å². The average molecular weight is 204 g/mol. The molecule has 0 unspecified atom stereocenters. The van der Waals surface area contributed by atoms with Crippen molar-refractivity contribution in [3.05, 3.63) is 9.81 Å².